The van der Waals surface area contributed by atoms with Crippen LogP contribution in [0.1, 0.15) is 5.69 Å². The van der Waals surface area contributed by atoms with E-state index in [2.05, 4.69) is 21.4 Å². The fraction of sp³-hybridized carbons (Fsp3) is 0. The molecule has 2 N–H and O–H groups in total. The van der Waals surface area contributed by atoms with Crippen LogP contribution in [0.2, 0.25) is 0 Å². The van der Waals surface area contributed by atoms with Gasteiger partial charge in [0.2, 0.25) is 5.91 Å². The number of carbonyl (C=O) groups is 1. The zero-order valence-electron chi connectivity index (χ0n) is 14.1. The minimum Gasteiger partial charge on any atom is -0.353 e. The topological polar surface area (TPSA) is 81.6 Å². The van der Waals surface area contributed by atoms with Gasteiger partial charge in [0.15, 0.2) is 0 Å². The summed E-state index contributed by atoms with van der Waals surface area (Å²) >= 11 is 1.08. The second-order valence-electron chi connectivity index (χ2n) is 5.87. The highest BCUT2D eigenvalue weighted by atomic mass is 32.2. The van der Waals surface area contributed by atoms with Gasteiger partial charge in [0.05, 0.1) is 17.4 Å². The number of carbonyl (C=O) groups excluding carboxylic acids is 1. The number of nitrogens with zero attached hydrogens (tertiary/aromatic N) is 2. The van der Waals surface area contributed by atoms with E-state index in [-0.39, 0.29) is 5.91 Å². The van der Waals surface area contributed by atoms with E-state index in [1.165, 1.54) is 6.08 Å². The van der Waals surface area contributed by atoms with Gasteiger partial charge in [0.25, 0.3) is 0 Å². The molecule has 0 unspecified atom stereocenters. The third kappa shape index (κ3) is 3.68. The molecule has 0 aliphatic rings. The predicted octanol–water partition coefficient (Wildman–Crippen LogP) is 4.94. The maximum Gasteiger partial charge on any atom is 0.248 e. The van der Waals surface area contributed by atoms with Gasteiger partial charge in [-0.25, -0.2) is 0 Å². The van der Waals surface area contributed by atoms with Crippen LogP contribution in [0.3, 0.4) is 0 Å². The van der Waals surface area contributed by atoms with E-state index in [0.717, 1.165) is 38.5 Å². The summed E-state index contributed by atoms with van der Waals surface area (Å²) in [6.07, 6.45) is 4.93. The van der Waals surface area contributed by atoms with Gasteiger partial charge < -0.3 is 10.3 Å². The van der Waals surface area contributed by atoms with E-state index < -0.39 is 0 Å². The molecule has 4 rings (SSSR count). The highest BCUT2D eigenvalue weighted by molar-refractivity contribution is 8.03. The van der Waals surface area contributed by atoms with Crippen molar-refractivity contribution in [3.8, 4) is 5.40 Å². The molecule has 0 saturated carbocycles. The van der Waals surface area contributed by atoms with Crippen molar-refractivity contribution in [3.05, 3.63) is 72.6 Å². The SMILES string of the molecule is N#CSc1ccc(NC(=O)/C=C/c2cc3c(cn2)[nH]c2ccccc23)cc1. The zero-order valence-corrected chi connectivity index (χ0v) is 15.0. The lowest BCUT2D eigenvalue weighted by Crippen LogP contribution is -2.07. The normalized spacial score (nSPS) is 11.1. The lowest BCUT2D eigenvalue weighted by Gasteiger charge is -2.02. The number of hydrogen-bond donors (Lipinski definition) is 2. The van der Waals surface area contributed by atoms with Crippen molar-refractivity contribution in [2.75, 3.05) is 5.32 Å². The third-order valence-corrected chi connectivity index (χ3v) is 4.70. The average Bonchev–Trinajstić information content (AvgIpc) is 3.06. The molecule has 0 fully saturated rings. The van der Waals surface area contributed by atoms with Crippen molar-refractivity contribution in [2.45, 2.75) is 4.90 Å². The van der Waals surface area contributed by atoms with Gasteiger partial charge in [-0.2, -0.15) is 5.26 Å². The summed E-state index contributed by atoms with van der Waals surface area (Å²) < 4.78 is 0. The number of thiocyanates is 1. The second kappa shape index (κ2) is 7.36. The first-order chi connectivity index (χ1) is 13.2. The zero-order chi connectivity index (χ0) is 18.6. The first-order valence-electron chi connectivity index (χ1n) is 8.24. The molecule has 0 bridgehead atoms. The quantitative estimate of drug-likeness (QED) is 0.303. The standard InChI is InChI=1S/C21H14N4OS/c22-13-27-16-8-5-14(6-9-16)24-21(26)10-7-15-11-18-17-3-1-2-4-19(17)25-20(18)12-23-15/h1-12,25H,(H,24,26)/b10-7+. The Morgan fingerprint density at radius 2 is 1.93 bits per heavy atom. The smallest absolute Gasteiger partial charge is 0.248 e. The van der Waals surface area contributed by atoms with Gasteiger partial charge >= 0.3 is 0 Å². The van der Waals surface area contributed by atoms with E-state index in [1.807, 2.05) is 29.7 Å². The number of hydrogen-bond acceptors (Lipinski definition) is 4. The Labute approximate surface area is 159 Å². The molecule has 0 spiro atoms. The summed E-state index contributed by atoms with van der Waals surface area (Å²) in [4.78, 5) is 20.7. The molecule has 5 nitrogen and oxygen atoms in total. The minimum absolute atomic E-state index is 0.239. The number of nitriles is 1. The number of nitrogens with one attached hydrogen (secondary N) is 2. The highest BCUT2D eigenvalue weighted by Gasteiger charge is 2.05. The number of H-pyrrole nitrogens is 1. The number of benzene rings is 2. The van der Waals surface area contributed by atoms with E-state index in [1.54, 1.807) is 36.5 Å². The fourth-order valence-corrected chi connectivity index (χ4v) is 3.24. The Bertz CT molecular complexity index is 1200. The van der Waals surface area contributed by atoms with Crippen molar-refractivity contribution in [3.63, 3.8) is 0 Å². The number of para-hydroxylation sites is 1. The van der Waals surface area contributed by atoms with Crippen LogP contribution in [-0.2, 0) is 4.79 Å². The summed E-state index contributed by atoms with van der Waals surface area (Å²) in [5.41, 5.74) is 3.41. The number of aromatic nitrogens is 2. The van der Waals surface area contributed by atoms with Crippen molar-refractivity contribution in [1.29, 1.82) is 5.26 Å². The number of amides is 1. The summed E-state index contributed by atoms with van der Waals surface area (Å²) in [6.45, 7) is 0. The lowest BCUT2D eigenvalue weighted by molar-refractivity contribution is -0.111. The highest BCUT2D eigenvalue weighted by Crippen LogP contribution is 2.25. The molecular formula is C21H14N4OS. The Morgan fingerprint density at radius 1 is 1.11 bits per heavy atom. The van der Waals surface area contributed by atoms with E-state index >= 15 is 0 Å². The molecule has 0 saturated heterocycles. The van der Waals surface area contributed by atoms with Crippen molar-refractivity contribution < 1.29 is 4.79 Å². The molecule has 4 aromatic rings. The molecule has 2 aromatic heterocycles. The largest absolute Gasteiger partial charge is 0.353 e. The number of aromatic amines is 1. The Kier molecular flexibility index (Phi) is 4.60. The monoisotopic (exact) mass is 370 g/mol. The first kappa shape index (κ1) is 16.9. The van der Waals surface area contributed by atoms with E-state index in [0.29, 0.717) is 11.4 Å². The number of thioether (sulfide) groups is 1. The molecule has 27 heavy (non-hydrogen) atoms. The average molecular weight is 370 g/mol. The molecule has 0 aliphatic heterocycles. The van der Waals surface area contributed by atoms with Crippen LogP contribution in [0, 0.1) is 10.7 Å². The maximum atomic E-state index is 12.1. The van der Waals surface area contributed by atoms with Crippen molar-refractivity contribution in [1.82, 2.24) is 9.97 Å². The van der Waals surface area contributed by atoms with E-state index in [4.69, 9.17) is 5.26 Å². The Balaban J connectivity index is 1.50. The second-order valence-corrected chi connectivity index (χ2v) is 6.72. The van der Waals surface area contributed by atoms with Crippen molar-refractivity contribution in [2.24, 2.45) is 0 Å². The predicted molar refractivity (Wildman–Crippen MR) is 109 cm³/mol. The molecular weight excluding hydrogens is 356 g/mol. The molecule has 6 heteroatoms. The number of fused-ring (bicyclic) bond motifs is 3. The molecule has 0 aliphatic carbocycles. The Hall–Kier alpha value is -3.56. The van der Waals surface area contributed by atoms with Gasteiger partial charge in [-0.05, 0) is 54.2 Å². The molecule has 130 valence electrons. The van der Waals surface area contributed by atoms with Crippen LogP contribution in [0.4, 0.5) is 5.69 Å². The van der Waals surface area contributed by atoms with Crippen LogP contribution in [0.5, 0.6) is 0 Å². The molecule has 2 heterocycles. The van der Waals surface area contributed by atoms with Crippen molar-refractivity contribution >= 4 is 51.2 Å². The van der Waals surface area contributed by atoms with E-state index in [9.17, 15) is 4.79 Å². The van der Waals surface area contributed by atoms with Crippen LogP contribution in [0.15, 0.2) is 71.8 Å². The van der Waals surface area contributed by atoms with Gasteiger partial charge in [0, 0.05) is 32.9 Å². The van der Waals surface area contributed by atoms with Gasteiger partial charge in [0.1, 0.15) is 5.40 Å². The van der Waals surface area contributed by atoms with Crippen LogP contribution in [-0.4, -0.2) is 15.9 Å². The first-order valence-corrected chi connectivity index (χ1v) is 9.06. The van der Waals surface area contributed by atoms with Gasteiger partial charge in [-0.3, -0.25) is 9.78 Å². The summed E-state index contributed by atoms with van der Waals surface area (Å²) in [5.74, 6) is -0.239. The molecule has 0 atom stereocenters. The van der Waals surface area contributed by atoms with Crippen LogP contribution < -0.4 is 5.32 Å². The molecule has 1 amide bonds. The van der Waals surface area contributed by atoms with Crippen LogP contribution in [0.25, 0.3) is 27.9 Å². The van der Waals surface area contributed by atoms with Gasteiger partial charge in [-0.1, -0.05) is 18.2 Å². The maximum absolute atomic E-state index is 12.1. The minimum atomic E-state index is -0.239. The number of anilines is 1. The van der Waals surface area contributed by atoms with Gasteiger partial charge in [-0.15, -0.1) is 0 Å². The number of rotatable bonds is 4. The summed E-state index contributed by atoms with van der Waals surface area (Å²) in [6, 6.07) is 17.1. The third-order valence-electron chi connectivity index (χ3n) is 4.10. The number of pyridine rings is 1. The lowest BCUT2D eigenvalue weighted by atomic mass is 10.1. The van der Waals surface area contributed by atoms with Crippen LogP contribution >= 0.6 is 11.8 Å². The molecule has 2 aromatic carbocycles. The Morgan fingerprint density at radius 3 is 2.74 bits per heavy atom. The fourth-order valence-electron chi connectivity index (χ4n) is 2.86. The molecule has 0 radical (unpaired) electrons. The summed E-state index contributed by atoms with van der Waals surface area (Å²) in [7, 11) is 0. The summed E-state index contributed by atoms with van der Waals surface area (Å²) in [5, 5.41) is 15.7.